The highest BCUT2D eigenvalue weighted by atomic mass is 16.1. The molecule has 0 aromatic carbocycles. The molecule has 0 aliphatic heterocycles. The second kappa shape index (κ2) is 6.11. The van der Waals surface area contributed by atoms with Crippen LogP contribution < -0.4 is 0 Å². The third kappa shape index (κ3) is 2.68. The van der Waals surface area contributed by atoms with Gasteiger partial charge in [0.2, 0.25) is 0 Å². The number of nitrogens with zero attached hydrogens (tertiary/aromatic N) is 2. The first-order valence-corrected chi connectivity index (χ1v) is 8.35. The van der Waals surface area contributed by atoms with Crippen molar-refractivity contribution in [3.8, 4) is 0 Å². The van der Waals surface area contributed by atoms with E-state index >= 15 is 0 Å². The zero-order valence-corrected chi connectivity index (χ0v) is 12.6. The van der Waals surface area contributed by atoms with Gasteiger partial charge in [-0.15, -0.1) is 0 Å². The highest BCUT2D eigenvalue weighted by Crippen LogP contribution is 2.43. The highest BCUT2D eigenvalue weighted by molar-refractivity contribution is 5.96. The minimum atomic E-state index is 0.252. The largest absolute Gasteiger partial charge is 0.292 e. The van der Waals surface area contributed by atoms with Crippen molar-refractivity contribution in [2.45, 2.75) is 64.8 Å². The molecule has 3 heteroatoms. The summed E-state index contributed by atoms with van der Waals surface area (Å²) < 4.78 is 1.90. The van der Waals surface area contributed by atoms with Crippen molar-refractivity contribution >= 4 is 5.78 Å². The smallest absolute Gasteiger partial charge is 0.183 e. The molecule has 110 valence electrons. The molecule has 0 bridgehead atoms. The van der Waals surface area contributed by atoms with Crippen LogP contribution in [0.2, 0.25) is 0 Å². The molecule has 3 nitrogen and oxygen atoms in total. The van der Waals surface area contributed by atoms with Crippen LogP contribution in [-0.2, 0) is 6.54 Å². The summed E-state index contributed by atoms with van der Waals surface area (Å²) in [5.74, 6) is 2.32. The Kier molecular flexibility index (Phi) is 4.23. The third-order valence-corrected chi connectivity index (χ3v) is 5.31. The number of Topliss-reactive ketones (excluding diaryl/α,β-unsaturated/α-hetero) is 1. The summed E-state index contributed by atoms with van der Waals surface area (Å²) in [6, 6.07) is 1.91. The molecule has 20 heavy (non-hydrogen) atoms. The lowest BCUT2D eigenvalue weighted by molar-refractivity contribution is 0.0752. The minimum Gasteiger partial charge on any atom is -0.292 e. The van der Waals surface area contributed by atoms with Crippen molar-refractivity contribution < 1.29 is 4.79 Å². The summed E-state index contributed by atoms with van der Waals surface area (Å²) >= 11 is 0. The molecule has 3 unspecified atom stereocenters. The molecule has 0 amide bonds. The Morgan fingerprint density at radius 3 is 2.85 bits per heavy atom. The van der Waals surface area contributed by atoms with E-state index in [0.29, 0.717) is 5.78 Å². The Labute approximate surface area is 121 Å². The Morgan fingerprint density at radius 2 is 2.05 bits per heavy atom. The van der Waals surface area contributed by atoms with Gasteiger partial charge in [0, 0.05) is 18.7 Å². The lowest BCUT2D eigenvalue weighted by Gasteiger charge is -2.38. The van der Waals surface area contributed by atoms with Crippen LogP contribution in [0.3, 0.4) is 0 Å². The zero-order valence-electron chi connectivity index (χ0n) is 12.6. The number of fused-ring (bicyclic) bond motifs is 1. The molecule has 1 heterocycles. The summed E-state index contributed by atoms with van der Waals surface area (Å²) in [4.78, 5) is 12.8. The highest BCUT2D eigenvalue weighted by Gasteiger charge is 2.35. The van der Waals surface area contributed by atoms with Crippen LogP contribution in [0.5, 0.6) is 0 Å². The molecule has 1 aromatic rings. The molecule has 3 atom stereocenters. The third-order valence-electron chi connectivity index (χ3n) is 5.31. The molecule has 2 aliphatic rings. The maximum atomic E-state index is 12.8. The molecular weight excluding hydrogens is 248 g/mol. The number of aryl methyl sites for hydroxylation is 1. The summed E-state index contributed by atoms with van der Waals surface area (Å²) in [5.41, 5.74) is 0.839. The van der Waals surface area contributed by atoms with Crippen molar-refractivity contribution in [3.05, 3.63) is 18.0 Å². The second-order valence-electron chi connectivity index (χ2n) is 6.62. The van der Waals surface area contributed by atoms with Gasteiger partial charge in [-0.3, -0.25) is 9.48 Å². The first kappa shape index (κ1) is 13.8. The molecule has 1 aromatic heterocycles. The maximum Gasteiger partial charge on any atom is 0.183 e. The molecule has 2 saturated carbocycles. The van der Waals surface area contributed by atoms with Gasteiger partial charge in [-0.25, -0.2) is 0 Å². The fraction of sp³-hybridized carbons (Fsp3) is 0.765. The number of hydrogen-bond acceptors (Lipinski definition) is 2. The minimum absolute atomic E-state index is 0.252. The molecule has 0 saturated heterocycles. The molecule has 2 aliphatic carbocycles. The van der Waals surface area contributed by atoms with E-state index in [0.717, 1.165) is 43.3 Å². The SMILES string of the molecule is CCCn1nccc1C(=O)C1CCC2CCCCC2C1. The first-order chi connectivity index (χ1) is 9.79. The van der Waals surface area contributed by atoms with E-state index in [-0.39, 0.29) is 5.92 Å². The Morgan fingerprint density at radius 1 is 1.25 bits per heavy atom. The maximum absolute atomic E-state index is 12.8. The van der Waals surface area contributed by atoms with Gasteiger partial charge >= 0.3 is 0 Å². The van der Waals surface area contributed by atoms with Gasteiger partial charge in [0.25, 0.3) is 0 Å². The van der Waals surface area contributed by atoms with Crippen LogP contribution in [0.15, 0.2) is 12.3 Å². The standard InChI is InChI=1S/C17H26N2O/c1-2-11-19-16(9-10-18-19)17(20)15-8-7-13-5-3-4-6-14(13)12-15/h9-10,13-15H,2-8,11-12H2,1H3. The lowest BCUT2D eigenvalue weighted by Crippen LogP contribution is -2.32. The van der Waals surface area contributed by atoms with Crippen molar-refractivity contribution in [1.82, 2.24) is 9.78 Å². The van der Waals surface area contributed by atoms with Crippen molar-refractivity contribution in [3.63, 3.8) is 0 Å². The number of carbonyl (C=O) groups excluding carboxylic acids is 1. The van der Waals surface area contributed by atoms with Gasteiger partial charge in [0.15, 0.2) is 5.78 Å². The average molecular weight is 274 g/mol. The van der Waals surface area contributed by atoms with E-state index in [1.165, 1.54) is 32.1 Å². The first-order valence-electron chi connectivity index (χ1n) is 8.35. The lowest BCUT2D eigenvalue weighted by atomic mass is 9.66. The van der Waals surface area contributed by atoms with Gasteiger partial charge in [-0.1, -0.05) is 32.6 Å². The second-order valence-corrected chi connectivity index (χ2v) is 6.62. The summed E-state index contributed by atoms with van der Waals surface area (Å²) in [5, 5.41) is 4.30. The summed E-state index contributed by atoms with van der Waals surface area (Å²) in [7, 11) is 0. The van der Waals surface area contributed by atoms with E-state index in [9.17, 15) is 4.79 Å². The summed E-state index contributed by atoms with van der Waals surface area (Å²) in [6.45, 7) is 2.98. The van der Waals surface area contributed by atoms with E-state index in [1.54, 1.807) is 6.20 Å². The fourth-order valence-electron chi connectivity index (χ4n) is 4.25. The molecule has 0 N–H and O–H groups in total. The van der Waals surface area contributed by atoms with Crippen LogP contribution in [0.4, 0.5) is 0 Å². The van der Waals surface area contributed by atoms with Crippen molar-refractivity contribution in [2.75, 3.05) is 0 Å². The number of carbonyl (C=O) groups is 1. The Balaban J connectivity index is 1.69. The van der Waals surface area contributed by atoms with Gasteiger partial charge in [0.05, 0.1) is 0 Å². The number of ketones is 1. The molecule has 2 fully saturated rings. The van der Waals surface area contributed by atoms with E-state index in [1.807, 2.05) is 10.7 Å². The average Bonchev–Trinajstić information content (AvgIpc) is 2.94. The molecule has 0 spiro atoms. The van der Waals surface area contributed by atoms with Gasteiger partial charge < -0.3 is 0 Å². The molecule has 3 rings (SSSR count). The van der Waals surface area contributed by atoms with E-state index < -0.39 is 0 Å². The van der Waals surface area contributed by atoms with Crippen LogP contribution in [0.1, 0.15) is 68.8 Å². The number of aromatic nitrogens is 2. The zero-order chi connectivity index (χ0) is 13.9. The predicted molar refractivity (Wildman–Crippen MR) is 79.6 cm³/mol. The van der Waals surface area contributed by atoms with Crippen LogP contribution in [-0.4, -0.2) is 15.6 Å². The van der Waals surface area contributed by atoms with Crippen LogP contribution >= 0.6 is 0 Å². The topological polar surface area (TPSA) is 34.9 Å². The molecular formula is C17H26N2O. The van der Waals surface area contributed by atoms with Crippen molar-refractivity contribution in [1.29, 1.82) is 0 Å². The van der Waals surface area contributed by atoms with Gasteiger partial charge in [-0.05, 0) is 43.6 Å². The quantitative estimate of drug-likeness (QED) is 0.775. The normalized spacial score (nSPS) is 29.9. The van der Waals surface area contributed by atoms with Crippen LogP contribution in [0.25, 0.3) is 0 Å². The number of rotatable bonds is 4. The molecule has 0 radical (unpaired) electrons. The van der Waals surface area contributed by atoms with Gasteiger partial charge in [0.1, 0.15) is 5.69 Å². The summed E-state index contributed by atoms with van der Waals surface area (Å²) in [6.07, 6.45) is 11.8. The van der Waals surface area contributed by atoms with Crippen molar-refractivity contribution in [2.24, 2.45) is 17.8 Å². The van der Waals surface area contributed by atoms with Crippen LogP contribution in [0, 0.1) is 17.8 Å². The fourth-order valence-corrected chi connectivity index (χ4v) is 4.25. The van der Waals surface area contributed by atoms with E-state index in [4.69, 9.17) is 0 Å². The Bertz CT molecular complexity index is 465. The predicted octanol–water partition coefficient (Wildman–Crippen LogP) is 4.08. The Hall–Kier alpha value is -1.12. The van der Waals surface area contributed by atoms with E-state index in [2.05, 4.69) is 12.0 Å². The number of hydrogen-bond donors (Lipinski definition) is 0. The monoisotopic (exact) mass is 274 g/mol. The van der Waals surface area contributed by atoms with Gasteiger partial charge in [-0.2, -0.15) is 5.10 Å².